The topological polar surface area (TPSA) is 96.7 Å². The lowest BCUT2D eigenvalue weighted by Crippen LogP contribution is -2.46. The molecule has 3 saturated heterocycles. The smallest absolute Gasteiger partial charge is 0.385 e. The molecule has 1 aromatic rings. The van der Waals surface area contributed by atoms with E-state index in [-0.39, 0.29) is 12.1 Å². The fraction of sp³-hybridized carbons (Fsp3) is 0.545. The summed E-state index contributed by atoms with van der Waals surface area (Å²) in [7, 11) is 1.68. The number of hydrogen-bond acceptors (Lipinski definition) is 6. The van der Waals surface area contributed by atoms with E-state index in [0.29, 0.717) is 12.4 Å². The average molecular weight is 452 g/mol. The van der Waals surface area contributed by atoms with Crippen molar-refractivity contribution in [3.63, 3.8) is 0 Å². The molecule has 2 unspecified atom stereocenters. The van der Waals surface area contributed by atoms with Gasteiger partial charge in [0.2, 0.25) is 11.8 Å². The van der Waals surface area contributed by atoms with Gasteiger partial charge in [-0.1, -0.05) is 0 Å². The zero-order valence-electron chi connectivity index (χ0n) is 18.0. The zero-order chi connectivity index (χ0) is 24.1. The highest BCUT2D eigenvalue weighted by Gasteiger charge is 2.75. The molecule has 0 saturated carbocycles. The van der Waals surface area contributed by atoms with Crippen LogP contribution >= 0.6 is 0 Å². The quantitative estimate of drug-likeness (QED) is 0.517. The molecule has 7 nitrogen and oxygen atoms in total. The summed E-state index contributed by atoms with van der Waals surface area (Å²) in [5.41, 5.74) is -4.27. The Balaban J connectivity index is 0.000000668. The van der Waals surface area contributed by atoms with Crippen LogP contribution in [0, 0.1) is 29.1 Å². The first-order valence-electron chi connectivity index (χ1n) is 10.0. The third kappa shape index (κ3) is 3.40. The largest absolute Gasteiger partial charge is 0.417 e. The molecule has 0 aromatic heterocycles. The number of carbonyl (C=O) groups excluding carboxylic acids is 3. The predicted octanol–water partition coefficient (Wildman–Crippen LogP) is 3.10. The van der Waals surface area contributed by atoms with E-state index in [1.807, 2.05) is 6.92 Å². The lowest BCUT2D eigenvalue weighted by Gasteiger charge is -2.32. The van der Waals surface area contributed by atoms with Gasteiger partial charge in [0.25, 0.3) is 0 Å². The van der Waals surface area contributed by atoms with Gasteiger partial charge in [0.1, 0.15) is 6.29 Å². The first-order valence-corrected chi connectivity index (χ1v) is 10.0. The molecule has 32 heavy (non-hydrogen) atoms. The number of aldehydes is 1. The molecular formula is C22H23F3N2O5. The summed E-state index contributed by atoms with van der Waals surface area (Å²) in [6.07, 6.45) is -3.85. The maximum Gasteiger partial charge on any atom is 0.417 e. The number of rotatable bonds is 3. The molecule has 3 fully saturated rings. The van der Waals surface area contributed by atoms with Crippen LogP contribution in [-0.2, 0) is 30.0 Å². The van der Waals surface area contributed by atoms with Crippen LogP contribution in [-0.4, -0.2) is 43.0 Å². The van der Waals surface area contributed by atoms with E-state index in [1.54, 1.807) is 21.0 Å². The minimum absolute atomic E-state index is 0.245. The minimum atomic E-state index is -4.81. The van der Waals surface area contributed by atoms with Crippen LogP contribution < -0.4 is 4.90 Å². The van der Waals surface area contributed by atoms with Gasteiger partial charge in [-0.25, -0.2) is 4.90 Å². The number of carbonyl (C=O) groups is 3. The SMILES string of the molecule is CCOC.C[C@@]12O[C@@](C)(C[C@H]1C=O)C1C(=O)N(c3ccc(C#N)c(C(F)(F)F)c3)C(=O)C12. The number of imide groups is 1. The van der Waals surface area contributed by atoms with E-state index >= 15 is 0 Å². The number of anilines is 1. The minimum Gasteiger partial charge on any atom is -0.385 e. The average Bonchev–Trinajstić information content (AvgIpc) is 3.27. The van der Waals surface area contributed by atoms with Gasteiger partial charge in [-0.05, 0) is 45.4 Å². The molecule has 0 spiro atoms. The number of nitriles is 1. The first-order chi connectivity index (χ1) is 14.9. The van der Waals surface area contributed by atoms with E-state index in [4.69, 9.17) is 10.00 Å². The Hall–Kier alpha value is -2.77. The number of halogens is 3. The molecule has 10 heteroatoms. The van der Waals surface area contributed by atoms with Gasteiger partial charge in [0, 0.05) is 19.6 Å². The lowest BCUT2D eigenvalue weighted by atomic mass is 9.64. The number of nitrogens with zero attached hydrogens (tertiary/aromatic N) is 2. The fourth-order valence-electron chi connectivity index (χ4n) is 5.05. The molecule has 172 valence electrons. The fourth-order valence-corrected chi connectivity index (χ4v) is 5.05. The van der Waals surface area contributed by atoms with Crippen LogP contribution in [0.15, 0.2) is 18.2 Å². The van der Waals surface area contributed by atoms with Crippen LogP contribution in [0.1, 0.15) is 38.3 Å². The number of fused-ring (bicyclic) bond motifs is 5. The van der Waals surface area contributed by atoms with Crippen molar-refractivity contribution in [2.75, 3.05) is 18.6 Å². The Morgan fingerprint density at radius 2 is 1.88 bits per heavy atom. The van der Waals surface area contributed by atoms with Crippen molar-refractivity contribution >= 4 is 23.8 Å². The van der Waals surface area contributed by atoms with Crippen molar-refractivity contribution in [3.8, 4) is 6.07 Å². The van der Waals surface area contributed by atoms with Gasteiger partial charge in [0.15, 0.2) is 0 Å². The molecule has 3 aliphatic rings. The summed E-state index contributed by atoms with van der Waals surface area (Å²) >= 11 is 0. The van der Waals surface area contributed by atoms with E-state index in [0.717, 1.165) is 23.6 Å². The van der Waals surface area contributed by atoms with Crippen molar-refractivity contribution in [3.05, 3.63) is 29.3 Å². The van der Waals surface area contributed by atoms with Crippen molar-refractivity contribution in [2.45, 2.75) is 44.6 Å². The van der Waals surface area contributed by atoms with Crippen molar-refractivity contribution in [1.29, 1.82) is 5.26 Å². The summed E-state index contributed by atoms with van der Waals surface area (Å²) in [6, 6.07) is 4.19. The monoisotopic (exact) mass is 452 g/mol. The lowest BCUT2D eigenvalue weighted by molar-refractivity contribution is -0.138. The van der Waals surface area contributed by atoms with Gasteiger partial charge < -0.3 is 14.3 Å². The van der Waals surface area contributed by atoms with E-state index in [2.05, 4.69) is 4.74 Å². The Morgan fingerprint density at radius 3 is 2.38 bits per heavy atom. The Bertz CT molecular complexity index is 1000. The summed E-state index contributed by atoms with van der Waals surface area (Å²) in [4.78, 5) is 38.3. The van der Waals surface area contributed by atoms with Crippen molar-refractivity contribution < 1.29 is 37.0 Å². The highest BCUT2D eigenvalue weighted by molar-refractivity contribution is 6.23. The van der Waals surface area contributed by atoms with Gasteiger partial charge in [-0.3, -0.25) is 9.59 Å². The van der Waals surface area contributed by atoms with Crippen LogP contribution in [0.5, 0.6) is 0 Å². The van der Waals surface area contributed by atoms with Gasteiger partial charge in [-0.2, -0.15) is 18.4 Å². The van der Waals surface area contributed by atoms with E-state index in [9.17, 15) is 27.6 Å². The predicted molar refractivity (Wildman–Crippen MR) is 105 cm³/mol. The highest BCUT2D eigenvalue weighted by Crippen LogP contribution is 2.62. The van der Waals surface area contributed by atoms with E-state index in [1.165, 1.54) is 6.07 Å². The normalized spacial score (nSPS) is 32.9. The molecular weight excluding hydrogens is 429 g/mol. The zero-order valence-corrected chi connectivity index (χ0v) is 18.0. The van der Waals surface area contributed by atoms with Crippen LogP contribution in [0.4, 0.5) is 18.9 Å². The molecule has 0 radical (unpaired) electrons. The van der Waals surface area contributed by atoms with Crippen molar-refractivity contribution in [2.24, 2.45) is 17.8 Å². The van der Waals surface area contributed by atoms with Crippen LogP contribution in [0.2, 0.25) is 0 Å². The standard InChI is InChI=1S/C19H15F3N2O4.C3H8O/c1-17-6-10(8-25)18(2,28-17)14-13(17)15(26)24(16(14)27)11-4-3-9(7-23)12(5-11)19(20,21)22;1-3-4-2/h3-5,8,10,13-14H,6H2,1-2H3;3H2,1-2H3/t10-,13?,14?,17-,18+;/m0./s1. The summed E-state index contributed by atoms with van der Waals surface area (Å²) < 4.78 is 50.3. The Labute approximate surface area is 183 Å². The Kier molecular flexibility index (Phi) is 5.95. The Morgan fingerprint density at radius 1 is 1.28 bits per heavy atom. The number of methoxy groups -OCH3 is 1. The number of alkyl halides is 3. The highest BCUT2D eigenvalue weighted by atomic mass is 19.4. The molecule has 0 N–H and O–H groups in total. The molecule has 3 heterocycles. The van der Waals surface area contributed by atoms with Gasteiger partial charge in [-0.15, -0.1) is 0 Å². The second-order valence-corrected chi connectivity index (χ2v) is 8.43. The molecule has 4 rings (SSSR count). The molecule has 1 aromatic carbocycles. The molecule has 2 bridgehead atoms. The van der Waals surface area contributed by atoms with Crippen LogP contribution in [0.3, 0.4) is 0 Å². The summed E-state index contributed by atoms with van der Waals surface area (Å²) in [6.45, 7) is 6.02. The van der Waals surface area contributed by atoms with Gasteiger partial charge in [0.05, 0.1) is 45.9 Å². The number of hydrogen-bond donors (Lipinski definition) is 0. The summed E-state index contributed by atoms with van der Waals surface area (Å²) in [5.74, 6) is -3.73. The maximum atomic E-state index is 13.3. The second kappa shape index (κ2) is 7.98. The third-order valence-electron chi connectivity index (χ3n) is 6.54. The summed E-state index contributed by atoms with van der Waals surface area (Å²) in [5, 5.41) is 8.93. The van der Waals surface area contributed by atoms with E-state index < -0.39 is 58.1 Å². The molecule has 3 aliphatic heterocycles. The van der Waals surface area contributed by atoms with Gasteiger partial charge >= 0.3 is 6.18 Å². The number of ether oxygens (including phenoxy) is 2. The molecule has 0 aliphatic carbocycles. The molecule has 5 atom stereocenters. The maximum absolute atomic E-state index is 13.3. The molecule has 2 amide bonds. The number of amides is 2. The third-order valence-corrected chi connectivity index (χ3v) is 6.54. The van der Waals surface area contributed by atoms with Crippen molar-refractivity contribution in [1.82, 2.24) is 0 Å². The first kappa shape index (κ1) is 23.9. The number of benzene rings is 1. The second-order valence-electron chi connectivity index (χ2n) is 8.43. The van der Waals surface area contributed by atoms with Crippen LogP contribution in [0.25, 0.3) is 0 Å².